The van der Waals surface area contributed by atoms with Crippen LogP contribution in [-0.2, 0) is 9.63 Å². The zero-order chi connectivity index (χ0) is 16.3. The molecular weight excluding hydrogens is 297 g/mol. The Labute approximate surface area is 167 Å². The molecule has 0 atom stereocenters. The van der Waals surface area contributed by atoms with E-state index >= 15 is 0 Å². The fourth-order valence-corrected chi connectivity index (χ4v) is 2.60. The van der Waals surface area contributed by atoms with E-state index in [1.165, 1.54) is 83.5 Å². The van der Waals surface area contributed by atoms with Gasteiger partial charge in [-0.3, -0.25) is 4.79 Å². The van der Waals surface area contributed by atoms with E-state index in [0.717, 1.165) is 13.0 Å². The molecule has 0 unspecified atom stereocenters. The molecule has 3 nitrogen and oxygen atoms in total. The Bertz CT molecular complexity index is 237. The molecule has 133 valence electrons. The molecule has 23 heavy (non-hydrogen) atoms. The summed E-state index contributed by atoms with van der Waals surface area (Å²) in [5.74, 6) is -0.176. The molecule has 0 rings (SSSR count). The number of nitrogens with one attached hydrogen (secondary N) is 1. The molecule has 0 saturated heterocycles. The van der Waals surface area contributed by atoms with Crippen molar-refractivity contribution in [2.24, 2.45) is 0 Å². The average Bonchev–Trinajstić information content (AvgIpc) is 2.54. The Hall–Kier alpha value is 0.430. The van der Waals surface area contributed by atoms with Gasteiger partial charge in [-0.05, 0) is 6.42 Å². The molecule has 1 N–H and O–H groups in total. The average molecular weight is 337 g/mol. The first-order valence-electron chi connectivity index (χ1n) is 9.73. The first-order chi connectivity index (χ1) is 10.8. The molecule has 0 aromatic carbocycles. The molecule has 0 heterocycles. The SMILES string of the molecule is CCCCCCCCCCCCCCCCNOC(=O)CC.[Na]. The number of carbonyl (C=O) groups is 1. The molecule has 0 bridgehead atoms. The minimum absolute atomic E-state index is 0. The van der Waals surface area contributed by atoms with E-state index in [4.69, 9.17) is 4.84 Å². The molecule has 0 aliphatic heterocycles. The van der Waals surface area contributed by atoms with Crippen molar-refractivity contribution in [2.75, 3.05) is 6.54 Å². The monoisotopic (exact) mass is 336 g/mol. The molecule has 0 amide bonds. The first-order valence-corrected chi connectivity index (χ1v) is 9.73. The van der Waals surface area contributed by atoms with E-state index < -0.39 is 0 Å². The van der Waals surface area contributed by atoms with Gasteiger partial charge in [-0.2, -0.15) is 5.48 Å². The van der Waals surface area contributed by atoms with Crippen LogP contribution in [0.4, 0.5) is 0 Å². The second-order valence-electron chi connectivity index (χ2n) is 6.32. The molecule has 0 aliphatic carbocycles. The van der Waals surface area contributed by atoms with Crippen LogP contribution in [0.3, 0.4) is 0 Å². The minimum atomic E-state index is -0.176. The van der Waals surface area contributed by atoms with Crippen LogP contribution in [0.5, 0.6) is 0 Å². The molecule has 0 aliphatic rings. The molecule has 1 radical (unpaired) electrons. The Morgan fingerprint density at radius 1 is 0.696 bits per heavy atom. The zero-order valence-corrected chi connectivity index (χ0v) is 18.1. The third-order valence-corrected chi connectivity index (χ3v) is 4.11. The smallest absolute Gasteiger partial charge is 0.324 e. The number of hydrogen-bond acceptors (Lipinski definition) is 3. The van der Waals surface area contributed by atoms with Crippen molar-refractivity contribution >= 4 is 35.5 Å². The third-order valence-electron chi connectivity index (χ3n) is 4.11. The predicted molar refractivity (Wildman–Crippen MR) is 100 cm³/mol. The Balaban J connectivity index is 0. The van der Waals surface area contributed by atoms with E-state index in [1.54, 1.807) is 6.92 Å². The van der Waals surface area contributed by atoms with Crippen molar-refractivity contribution in [2.45, 2.75) is 110 Å². The number of rotatable bonds is 17. The van der Waals surface area contributed by atoms with Gasteiger partial charge in [0.2, 0.25) is 0 Å². The quantitative estimate of drug-likeness (QED) is 0.215. The van der Waals surface area contributed by atoms with Crippen LogP contribution >= 0.6 is 0 Å². The van der Waals surface area contributed by atoms with Gasteiger partial charge < -0.3 is 4.84 Å². The normalized spacial score (nSPS) is 10.3. The van der Waals surface area contributed by atoms with Crippen molar-refractivity contribution < 1.29 is 9.63 Å². The summed E-state index contributed by atoms with van der Waals surface area (Å²) in [6, 6.07) is 0. The van der Waals surface area contributed by atoms with Gasteiger partial charge in [0, 0.05) is 42.5 Å². The Morgan fingerprint density at radius 2 is 1.09 bits per heavy atom. The molecule has 0 aromatic rings. The van der Waals surface area contributed by atoms with Crippen LogP contribution in [0, 0.1) is 0 Å². The Morgan fingerprint density at radius 3 is 1.48 bits per heavy atom. The van der Waals surface area contributed by atoms with Gasteiger partial charge in [-0.25, -0.2) is 0 Å². The summed E-state index contributed by atoms with van der Waals surface area (Å²) < 4.78 is 0. The van der Waals surface area contributed by atoms with E-state index in [0.29, 0.717) is 6.42 Å². The second kappa shape index (κ2) is 22.4. The largest absolute Gasteiger partial charge is 0.371 e. The third kappa shape index (κ3) is 22.4. The molecule has 4 heteroatoms. The van der Waals surface area contributed by atoms with E-state index in [2.05, 4.69) is 12.4 Å². The number of hydrogen-bond donors (Lipinski definition) is 1. The summed E-state index contributed by atoms with van der Waals surface area (Å²) in [4.78, 5) is 15.7. The van der Waals surface area contributed by atoms with Crippen LogP contribution < -0.4 is 5.48 Å². The van der Waals surface area contributed by atoms with Crippen molar-refractivity contribution in [3.63, 3.8) is 0 Å². The van der Waals surface area contributed by atoms with Crippen LogP contribution in [0.15, 0.2) is 0 Å². The summed E-state index contributed by atoms with van der Waals surface area (Å²) in [5, 5.41) is 0. The molecule has 0 aromatic heterocycles. The van der Waals surface area contributed by atoms with Crippen LogP contribution in [0.1, 0.15) is 110 Å². The predicted octanol–water partition coefficient (Wildman–Crippen LogP) is 5.54. The summed E-state index contributed by atoms with van der Waals surface area (Å²) in [6.45, 7) is 4.86. The molecule has 0 fully saturated rings. The van der Waals surface area contributed by atoms with Gasteiger partial charge in [0.1, 0.15) is 0 Å². The van der Waals surface area contributed by atoms with Crippen LogP contribution in [0.25, 0.3) is 0 Å². The standard InChI is InChI=1S/C19H39NO2.Na/c1-3-5-6-7-8-9-10-11-12-13-14-15-16-17-18-20-22-19(21)4-2;/h20H,3-18H2,1-2H3;. The summed E-state index contributed by atoms with van der Waals surface area (Å²) in [6.07, 6.45) is 19.6. The van der Waals surface area contributed by atoms with Gasteiger partial charge in [0.25, 0.3) is 0 Å². The van der Waals surface area contributed by atoms with Gasteiger partial charge in [-0.15, -0.1) is 0 Å². The molecular formula is C19H39NNaO2. The number of carbonyl (C=O) groups excluding carboxylic acids is 1. The van der Waals surface area contributed by atoms with E-state index in [-0.39, 0.29) is 35.5 Å². The number of hydroxylamine groups is 1. The van der Waals surface area contributed by atoms with Gasteiger partial charge in [0.15, 0.2) is 0 Å². The zero-order valence-electron chi connectivity index (χ0n) is 16.1. The topological polar surface area (TPSA) is 38.3 Å². The van der Waals surface area contributed by atoms with E-state index in [1.807, 2.05) is 0 Å². The van der Waals surface area contributed by atoms with Crippen molar-refractivity contribution in [1.82, 2.24) is 5.48 Å². The van der Waals surface area contributed by atoms with Crippen LogP contribution in [-0.4, -0.2) is 42.1 Å². The maximum absolute atomic E-state index is 10.9. The van der Waals surface area contributed by atoms with Gasteiger partial charge in [-0.1, -0.05) is 97.3 Å². The van der Waals surface area contributed by atoms with Crippen molar-refractivity contribution in [3.8, 4) is 0 Å². The first kappa shape index (κ1) is 25.7. The minimum Gasteiger partial charge on any atom is -0.371 e. The second-order valence-corrected chi connectivity index (χ2v) is 6.32. The number of unbranched alkanes of at least 4 members (excludes halogenated alkanes) is 13. The maximum Gasteiger partial charge on any atom is 0.324 e. The van der Waals surface area contributed by atoms with Gasteiger partial charge >= 0.3 is 5.97 Å². The summed E-state index contributed by atoms with van der Waals surface area (Å²) in [5.41, 5.74) is 2.73. The van der Waals surface area contributed by atoms with E-state index in [9.17, 15) is 4.79 Å². The fraction of sp³-hybridized carbons (Fsp3) is 0.947. The maximum atomic E-state index is 10.9. The summed E-state index contributed by atoms with van der Waals surface area (Å²) in [7, 11) is 0. The van der Waals surface area contributed by atoms with Crippen LogP contribution in [0.2, 0.25) is 0 Å². The summed E-state index contributed by atoms with van der Waals surface area (Å²) >= 11 is 0. The molecule has 0 saturated carbocycles. The van der Waals surface area contributed by atoms with Crippen molar-refractivity contribution in [3.05, 3.63) is 0 Å². The Kier molecular flexibility index (Phi) is 25.0. The molecule has 0 spiro atoms. The van der Waals surface area contributed by atoms with Gasteiger partial charge in [0.05, 0.1) is 0 Å². The van der Waals surface area contributed by atoms with Crippen molar-refractivity contribution in [1.29, 1.82) is 0 Å². The fourth-order valence-electron chi connectivity index (χ4n) is 2.60.